The molecule has 0 spiro atoms. The van der Waals surface area contributed by atoms with E-state index in [4.69, 9.17) is 19.9 Å². The fourth-order valence-corrected chi connectivity index (χ4v) is 6.70. The predicted octanol–water partition coefficient (Wildman–Crippen LogP) is 9.14. The minimum atomic E-state index is 0.0763. The zero-order valence-electron chi connectivity index (χ0n) is 24.2. The van der Waals surface area contributed by atoms with E-state index in [9.17, 15) is 0 Å². The van der Waals surface area contributed by atoms with Crippen LogP contribution in [0.3, 0.4) is 0 Å². The van der Waals surface area contributed by atoms with Gasteiger partial charge in [-0.1, -0.05) is 103 Å². The molecule has 2 aliphatic carbocycles. The van der Waals surface area contributed by atoms with Crippen molar-refractivity contribution >= 4 is 22.1 Å². The first-order chi connectivity index (χ1) is 21.2. The number of benzene rings is 3. The van der Waals surface area contributed by atoms with Crippen molar-refractivity contribution in [2.75, 3.05) is 0 Å². The van der Waals surface area contributed by atoms with Gasteiger partial charge in [0.15, 0.2) is 5.82 Å². The van der Waals surface area contributed by atoms with Gasteiger partial charge in [-0.3, -0.25) is 4.99 Å². The minimum Gasteiger partial charge on any atom is -0.274 e. The third-order valence-corrected chi connectivity index (χ3v) is 8.90. The van der Waals surface area contributed by atoms with Crippen LogP contribution in [0.5, 0.6) is 0 Å². The van der Waals surface area contributed by atoms with Gasteiger partial charge in [-0.25, -0.2) is 15.0 Å². The molecule has 2 unspecified atom stereocenters. The lowest BCUT2D eigenvalue weighted by Crippen LogP contribution is -2.23. The number of pyridine rings is 1. The van der Waals surface area contributed by atoms with E-state index in [0.717, 1.165) is 65.3 Å². The summed E-state index contributed by atoms with van der Waals surface area (Å²) in [6, 6.07) is 31.9. The van der Waals surface area contributed by atoms with E-state index in [1.54, 1.807) is 0 Å². The molecule has 0 saturated carbocycles. The highest BCUT2D eigenvalue weighted by molar-refractivity contribution is 6.19. The Morgan fingerprint density at radius 3 is 2.47 bits per heavy atom. The van der Waals surface area contributed by atoms with Gasteiger partial charge in [0.25, 0.3) is 0 Å². The van der Waals surface area contributed by atoms with Crippen molar-refractivity contribution in [2.45, 2.75) is 44.6 Å². The third kappa shape index (κ3) is 4.73. The Morgan fingerprint density at radius 2 is 1.58 bits per heavy atom. The van der Waals surface area contributed by atoms with Gasteiger partial charge in [-0.15, -0.1) is 0 Å². The van der Waals surface area contributed by atoms with Gasteiger partial charge < -0.3 is 0 Å². The van der Waals surface area contributed by atoms with E-state index in [2.05, 4.69) is 110 Å². The molecule has 5 aromatic rings. The molecule has 0 saturated heterocycles. The first-order valence-electron chi connectivity index (χ1n) is 15.3. The normalized spacial score (nSPS) is 19.2. The number of hydrogen-bond donors (Lipinski definition) is 0. The molecule has 8 rings (SSSR count). The maximum absolute atomic E-state index is 5.36. The van der Waals surface area contributed by atoms with Crippen LogP contribution in [0.2, 0.25) is 0 Å². The average Bonchev–Trinajstić information content (AvgIpc) is 3.08. The molecule has 3 heterocycles. The highest BCUT2D eigenvalue weighted by atomic mass is 14.9. The minimum absolute atomic E-state index is 0.0763. The Balaban J connectivity index is 1.27. The monoisotopic (exact) mass is 556 g/mol. The number of fused-ring (bicyclic) bond motifs is 5. The number of aliphatic imine (C=N–C) groups is 1. The van der Waals surface area contributed by atoms with Gasteiger partial charge in [0.2, 0.25) is 0 Å². The highest BCUT2D eigenvalue weighted by Crippen LogP contribution is 2.41. The van der Waals surface area contributed by atoms with Gasteiger partial charge in [-0.2, -0.15) is 0 Å². The summed E-state index contributed by atoms with van der Waals surface area (Å²) >= 11 is 0. The van der Waals surface area contributed by atoms with Gasteiger partial charge in [0.05, 0.1) is 23.1 Å². The number of rotatable bonds is 4. The van der Waals surface area contributed by atoms with E-state index in [0.29, 0.717) is 11.7 Å². The molecule has 1 aliphatic heterocycles. The summed E-state index contributed by atoms with van der Waals surface area (Å²) in [6.45, 7) is 2.19. The third-order valence-electron chi connectivity index (χ3n) is 8.90. The van der Waals surface area contributed by atoms with Crippen LogP contribution in [0.1, 0.15) is 61.0 Å². The molecule has 43 heavy (non-hydrogen) atoms. The average molecular weight is 557 g/mol. The van der Waals surface area contributed by atoms with Crippen molar-refractivity contribution in [3.05, 3.63) is 143 Å². The maximum atomic E-state index is 5.36. The molecule has 4 heteroatoms. The van der Waals surface area contributed by atoms with Crippen LogP contribution >= 0.6 is 0 Å². The van der Waals surface area contributed by atoms with Crippen molar-refractivity contribution in [3.63, 3.8) is 0 Å². The van der Waals surface area contributed by atoms with Crippen LogP contribution < -0.4 is 0 Å². The summed E-state index contributed by atoms with van der Waals surface area (Å²) < 4.78 is 0. The number of aromatic nitrogens is 3. The Morgan fingerprint density at radius 1 is 0.721 bits per heavy atom. The molecule has 0 radical (unpaired) electrons. The lowest BCUT2D eigenvalue weighted by Gasteiger charge is -2.30. The second-order valence-electron chi connectivity index (χ2n) is 11.8. The molecule has 3 aromatic carbocycles. The largest absolute Gasteiger partial charge is 0.274 e. The molecular formula is C39H32N4. The van der Waals surface area contributed by atoms with Crippen molar-refractivity contribution in [2.24, 2.45) is 4.99 Å². The topological polar surface area (TPSA) is 51.0 Å². The summed E-state index contributed by atoms with van der Waals surface area (Å²) in [5, 5.41) is 2.50. The summed E-state index contributed by atoms with van der Waals surface area (Å²) in [5.41, 5.74) is 10.7. The van der Waals surface area contributed by atoms with Crippen LogP contribution in [0, 0.1) is 0 Å². The summed E-state index contributed by atoms with van der Waals surface area (Å²) in [5.74, 6) is 1.05. The van der Waals surface area contributed by atoms with Crippen LogP contribution in [0.4, 0.5) is 0 Å². The molecule has 0 fully saturated rings. The van der Waals surface area contributed by atoms with Crippen molar-refractivity contribution in [3.8, 4) is 22.8 Å². The van der Waals surface area contributed by atoms with E-state index >= 15 is 0 Å². The molecular weight excluding hydrogens is 524 g/mol. The van der Waals surface area contributed by atoms with Crippen LogP contribution in [-0.4, -0.2) is 26.7 Å². The second-order valence-corrected chi connectivity index (χ2v) is 11.8. The first kappa shape index (κ1) is 25.7. The quantitative estimate of drug-likeness (QED) is 0.207. The molecule has 2 aromatic heterocycles. The van der Waals surface area contributed by atoms with Crippen molar-refractivity contribution in [1.29, 1.82) is 0 Å². The van der Waals surface area contributed by atoms with E-state index in [-0.39, 0.29) is 6.04 Å². The van der Waals surface area contributed by atoms with E-state index in [1.807, 2.05) is 12.1 Å². The van der Waals surface area contributed by atoms with Crippen LogP contribution in [0.25, 0.3) is 39.1 Å². The fourth-order valence-electron chi connectivity index (χ4n) is 6.70. The molecule has 208 valence electrons. The Bertz CT molecular complexity index is 2000. The van der Waals surface area contributed by atoms with Crippen molar-refractivity contribution < 1.29 is 0 Å². The van der Waals surface area contributed by atoms with Gasteiger partial charge in [0.1, 0.15) is 5.69 Å². The standard InChI is InChI=1S/C39H32N4/c1-25-19-21-30-36(23-25)41-38(31-22-20-26-11-8-9-16-29(26)37(30)31)32-17-10-18-33(40-32)39-42-34(27-12-4-2-5-13-27)24-35(43-39)28-14-6-3-7-15-28/h2-6,8-13,16-22,24,28,36H,7,14-15,23H2,1H3. The molecule has 4 nitrogen and oxygen atoms in total. The van der Waals surface area contributed by atoms with E-state index in [1.165, 1.54) is 27.5 Å². The molecule has 0 N–H and O–H groups in total. The first-order valence-corrected chi connectivity index (χ1v) is 15.3. The number of allylic oxidation sites excluding steroid dienone is 4. The lowest BCUT2D eigenvalue weighted by atomic mass is 9.80. The molecule has 0 amide bonds. The lowest BCUT2D eigenvalue weighted by molar-refractivity contribution is 0.600. The predicted molar refractivity (Wildman–Crippen MR) is 176 cm³/mol. The Kier molecular flexibility index (Phi) is 6.40. The fraction of sp³-hybridized carbons (Fsp3) is 0.179. The van der Waals surface area contributed by atoms with Crippen LogP contribution in [0.15, 0.2) is 126 Å². The van der Waals surface area contributed by atoms with E-state index < -0.39 is 0 Å². The smallest absolute Gasteiger partial charge is 0.178 e. The van der Waals surface area contributed by atoms with Gasteiger partial charge in [0, 0.05) is 22.7 Å². The number of hydrogen-bond acceptors (Lipinski definition) is 4. The Hall–Kier alpha value is -4.96. The molecule has 3 aliphatic rings. The summed E-state index contributed by atoms with van der Waals surface area (Å²) in [4.78, 5) is 20.8. The second kappa shape index (κ2) is 10.7. The maximum Gasteiger partial charge on any atom is 0.178 e. The molecule has 2 atom stereocenters. The van der Waals surface area contributed by atoms with Gasteiger partial charge >= 0.3 is 0 Å². The zero-order chi connectivity index (χ0) is 28.8. The van der Waals surface area contributed by atoms with Crippen molar-refractivity contribution in [1.82, 2.24) is 15.0 Å². The summed E-state index contributed by atoms with van der Waals surface area (Å²) in [7, 11) is 0. The SMILES string of the molecule is CC1=CC=C2c3c(ccc4ccccc34)C(c3cccc(-c4nc(-c5ccccc5)cc(C5CC=CCC5)n4)n3)=NC2C1. The van der Waals surface area contributed by atoms with Crippen LogP contribution in [-0.2, 0) is 0 Å². The molecule has 0 bridgehead atoms. The van der Waals surface area contributed by atoms with Gasteiger partial charge in [-0.05, 0) is 72.7 Å². The highest BCUT2D eigenvalue weighted by Gasteiger charge is 2.30. The summed E-state index contributed by atoms with van der Waals surface area (Å²) in [6.07, 6.45) is 13.2. The Labute approximate surface area is 252 Å². The zero-order valence-corrected chi connectivity index (χ0v) is 24.2. The number of nitrogens with zero attached hydrogens (tertiary/aromatic N) is 4.